The van der Waals surface area contributed by atoms with Crippen molar-refractivity contribution in [2.45, 2.75) is 40.5 Å². The van der Waals surface area contributed by atoms with Gasteiger partial charge in [0.05, 0.1) is 12.2 Å². The maximum Gasteiger partial charge on any atom is 0.306 e. The predicted octanol–water partition coefficient (Wildman–Crippen LogP) is 5.12. The molecule has 0 radical (unpaired) electrons. The van der Waals surface area contributed by atoms with Gasteiger partial charge in [-0.1, -0.05) is 23.5 Å². The van der Waals surface area contributed by atoms with E-state index in [9.17, 15) is 14.0 Å². The third-order valence-corrected chi connectivity index (χ3v) is 6.13. The average Bonchev–Trinajstić information content (AvgIpc) is 3.24. The summed E-state index contributed by atoms with van der Waals surface area (Å²) in [6.45, 7) is 8.32. The molecular formula is C24H26FN3O3S. The molecule has 168 valence electrons. The molecule has 3 aromatic rings. The van der Waals surface area contributed by atoms with Crippen molar-refractivity contribution >= 4 is 28.3 Å². The van der Waals surface area contributed by atoms with Crippen LogP contribution in [-0.4, -0.2) is 35.2 Å². The first-order valence-electron chi connectivity index (χ1n) is 10.5. The molecule has 0 spiro atoms. The van der Waals surface area contributed by atoms with Crippen LogP contribution in [0.2, 0.25) is 0 Å². The topological polar surface area (TPSA) is 72.4 Å². The number of benzene rings is 2. The van der Waals surface area contributed by atoms with Gasteiger partial charge in [-0.2, -0.15) is 0 Å². The van der Waals surface area contributed by atoms with Crippen molar-refractivity contribution in [3.05, 3.63) is 64.5 Å². The molecule has 0 saturated heterocycles. The largest absolute Gasteiger partial charge is 0.466 e. The van der Waals surface area contributed by atoms with E-state index in [1.54, 1.807) is 19.1 Å². The molecule has 0 fully saturated rings. The SMILES string of the molecule is CCOC(=O)CCc1c(C)cc(-c2nnc(N(CC)C(=O)c3ccccc3F)s2)cc1C. The molecular weight excluding hydrogens is 429 g/mol. The number of halogens is 1. The lowest BCUT2D eigenvalue weighted by Crippen LogP contribution is -2.31. The summed E-state index contributed by atoms with van der Waals surface area (Å²) in [6, 6.07) is 9.92. The number of hydrogen-bond donors (Lipinski definition) is 0. The molecule has 2 aromatic carbocycles. The molecule has 1 amide bonds. The number of anilines is 1. The minimum absolute atomic E-state index is 0.00346. The van der Waals surface area contributed by atoms with Crippen LogP contribution in [-0.2, 0) is 16.0 Å². The monoisotopic (exact) mass is 455 g/mol. The first kappa shape index (κ1) is 23.5. The number of carbonyl (C=O) groups excluding carboxylic acids is 2. The van der Waals surface area contributed by atoms with Crippen molar-refractivity contribution in [2.75, 3.05) is 18.1 Å². The molecule has 0 N–H and O–H groups in total. The molecule has 1 aromatic heterocycles. The highest BCUT2D eigenvalue weighted by molar-refractivity contribution is 7.18. The van der Waals surface area contributed by atoms with Crippen LogP contribution in [0.25, 0.3) is 10.6 Å². The maximum absolute atomic E-state index is 14.1. The van der Waals surface area contributed by atoms with Gasteiger partial charge in [0, 0.05) is 18.5 Å². The molecule has 8 heteroatoms. The maximum atomic E-state index is 14.1. The van der Waals surface area contributed by atoms with Crippen molar-refractivity contribution in [3.8, 4) is 10.6 Å². The quantitative estimate of drug-likeness (QED) is 0.441. The highest BCUT2D eigenvalue weighted by atomic mass is 32.1. The molecule has 0 aliphatic carbocycles. The summed E-state index contributed by atoms with van der Waals surface area (Å²) in [5.74, 6) is -1.22. The number of amides is 1. The number of esters is 1. The van der Waals surface area contributed by atoms with E-state index in [1.165, 1.54) is 28.4 Å². The lowest BCUT2D eigenvalue weighted by molar-refractivity contribution is -0.143. The van der Waals surface area contributed by atoms with E-state index in [1.807, 2.05) is 32.9 Å². The average molecular weight is 456 g/mol. The zero-order valence-electron chi connectivity index (χ0n) is 18.6. The van der Waals surface area contributed by atoms with E-state index >= 15 is 0 Å². The normalized spacial score (nSPS) is 10.8. The summed E-state index contributed by atoms with van der Waals surface area (Å²) in [4.78, 5) is 26.0. The molecule has 0 atom stereocenters. The van der Waals surface area contributed by atoms with Gasteiger partial charge >= 0.3 is 5.97 Å². The van der Waals surface area contributed by atoms with Gasteiger partial charge in [-0.05, 0) is 75.1 Å². The van der Waals surface area contributed by atoms with Crippen LogP contribution in [0, 0.1) is 19.7 Å². The Morgan fingerprint density at radius 3 is 2.41 bits per heavy atom. The van der Waals surface area contributed by atoms with Gasteiger partial charge in [-0.15, -0.1) is 10.2 Å². The smallest absolute Gasteiger partial charge is 0.306 e. The minimum atomic E-state index is -0.564. The number of aryl methyl sites for hydroxylation is 2. The van der Waals surface area contributed by atoms with Gasteiger partial charge < -0.3 is 4.74 Å². The molecule has 6 nitrogen and oxygen atoms in total. The molecule has 0 saturated carbocycles. The van der Waals surface area contributed by atoms with Gasteiger partial charge in [0.25, 0.3) is 5.91 Å². The molecule has 0 aliphatic heterocycles. The minimum Gasteiger partial charge on any atom is -0.466 e. The Hall–Kier alpha value is -3.13. The lowest BCUT2D eigenvalue weighted by atomic mass is 9.96. The van der Waals surface area contributed by atoms with Crippen molar-refractivity contribution in [2.24, 2.45) is 0 Å². The van der Waals surface area contributed by atoms with Crippen LogP contribution in [0.1, 0.15) is 47.3 Å². The molecule has 0 bridgehead atoms. The number of aromatic nitrogens is 2. The second-order valence-electron chi connectivity index (χ2n) is 7.31. The summed E-state index contributed by atoms with van der Waals surface area (Å²) in [5.41, 5.74) is 4.10. The number of carbonyl (C=O) groups is 2. The van der Waals surface area contributed by atoms with E-state index < -0.39 is 11.7 Å². The fourth-order valence-electron chi connectivity index (χ4n) is 3.56. The summed E-state index contributed by atoms with van der Waals surface area (Å²) < 4.78 is 19.1. The Morgan fingerprint density at radius 2 is 1.78 bits per heavy atom. The van der Waals surface area contributed by atoms with Crippen molar-refractivity contribution in [3.63, 3.8) is 0 Å². The van der Waals surface area contributed by atoms with Gasteiger partial charge in [0.2, 0.25) is 5.13 Å². The fraction of sp³-hybridized carbons (Fsp3) is 0.333. The van der Waals surface area contributed by atoms with Gasteiger partial charge in [0.15, 0.2) is 0 Å². The van der Waals surface area contributed by atoms with Crippen LogP contribution in [0.5, 0.6) is 0 Å². The molecule has 1 heterocycles. The van der Waals surface area contributed by atoms with Crippen LogP contribution in [0.15, 0.2) is 36.4 Å². The van der Waals surface area contributed by atoms with Gasteiger partial charge in [-0.25, -0.2) is 4.39 Å². The summed E-state index contributed by atoms with van der Waals surface area (Å²) in [5, 5.41) is 9.55. The third-order valence-electron chi connectivity index (χ3n) is 5.14. The van der Waals surface area contributed by atoms with Crippen LogP contribution >= 0.6 is 11.3 Å². The van der Waals surface area contributed by atoms with Crippen molar-refractivity contribution in [1.29, 1.82) is 0 Å². The highest BCUT2D eigenvalue weighted by Gasteiger charge is 2.23. The van der Waals surface area contributed by atoms with Crippen LogP contribution in [0.3, 0.4) is 0 Å². The Kier molecular flexibility index (Phi) is 7.69. The van der Waals surface area contributed by atoms with Crippen LogP contribution in [0.4, 0.5) is 9.52 Å². The molecule has 0 unspecified atom stereocenters. The number of ether oxygens (including phenoxy) is 1. The Balaban J connectivity index is 1.83. The third kappa shape index (κ3) is 5.19. The number of rotatable bonds is 8. The summed E-state index contributed by atoms with van der Waals surface area (Å²) >= 11 is 1.28. The second kappa shape index (κ2) is 10.5. The lowest BCUT2D eigenvalue weighted by Gasteiger charge is -2.17. The van der Waals surface area contributed by atoms with Gasteiger partial charge in [0.1, 0.15) is 10.8 Å². The van der Waals surface area contributed by atoms with E-state index in [0.717, 1.165) is 22.3 Å². The Morgan fingerprint density at radius 1 is 1.09 bits per heavy atom. The van der Waals surface area contributed by atoms with E-state index in [4.69, 9.17) is 4.74 Å². The first-order valence-corrected chi connectivity index (χ1v) is 11.3. The van der Waals surface area contributed by atoms with Crippen molar-refractivity contribution < 1.29 is 18.7 Å². The van der Waals surface area contributed by atoms with E-state index in [0.29, 0.717) is 36.1 Å². The van der Waals surface area contributed by atoms with Gasteiger partial charge in [-0.3, -0.25) is 14.5 Å². The standard InChI is InChI=1S/C24H26FN3O3S/c1-5-28(23(30)19-9-7-8-10-20(19)25)24-27-26-22(32-24)17-13-15(3)18(16(4)14-17)11-12-21(29)31-6-2/h7-10,13-14H,5-6,11-12H2,1-4H3. The Bertz CT molecular complexity index is 1110. The summed E-state index contributed by atoms with van der Waals surface area (Å²) in [7, 11) is 0. The zero-order valence-corrected chi connectivity index (χ0v) is 19.5. The molecule has 32 heavy (non-hydrogen) atoms. The predicted molar refractivity (Wildman–Crippen MR) is 124 cm³/mol. The second-order valence-corrected chi connectivity index (χ2v) is 8.27. The summed E-state index contributed by atoms with van der Waals surface area (Å²) in [6.07, 6.45) is 0.945. The van der Waals surface area contributed by atoms with Crippen molar-refractivity contribution in [1.82, 2.24) is 10.2 Å². The van der Waals surface area contributed by atoms with E-state index in [2.05, 4.69) is 10.2 Å². The first-order chi connectivity index (χ1) is 15.3. The molecule has 0 aliphatic rings. The highest BCUT2D eigenvalue weighted by Crippen LogP contribution is 2.32. The number of hydrogen-bond acceptors (Lipinski definition) is 6. The molecule has 3 rings (SSSR count). The zero-order chi connectivity index (χ0) is 23.3. The number of nitrogens with zero attached hydrogens (tertiary/aromatic N) is 3. The Labute approximate surface area is 191 Å². The van der Waals surface area contributed by atoms with E-state index in [-0.39, 0.29) is 11.5 Å². The fourth-order valence-corrected chi connectivity index (χ4v) is 4.45. The van der Waals surface area contributed by atoms with Crippen LogP contribution < -0.4 is 4.90 Å².